The lowest BCUT2D eigenvalue weighted by atomic mass is 9.53. The quantitative estimate of drug-likeness (QED) is 0.798. The second-order valence-electron chi connectivity index (χ2n) is 5.86. The maximum atomic E-state index is 10.9. The molecule has 4 heteroatoms. The molecule has 1 aromatic carbocycles. The molecule has 1 N–H and O–H groups in total. The summed E-state index contributed by atoms with van der Waals surface area (Å²) in [5.41, 5.74) is -2.31. The van der Waals surface area contributed by atoms with Crippen LogP contribution in [0.1, 0.15) is 31.3 Å². The van der Waals surface area contributed by atoms with Gasteiger partial charge in [0.1, 0.15) is 12.2 Å². The van der Waals surface area contributed by atoms with E-state index in [1.807, 2.05) is 0 Å². The Morgan fingerprint density at radius 1 is 1.59 bits per heavy atom. The van der Waals surface area contributed by atoms with Gasteiger partial charge in [-0.1, -0.05) is 18.2 Å². The number of likely N-dealkylation sites (N-methyl/N-ethyl adjacent to an activating group) is 1. The van der Waals surface area contributed by atoms with Crippen molar-refractivity contribution in [1.29, 1.82) is 0 Å². The predicted octanol–water partition coefficient (Wildman–Crippen LogP) is 1.50. The second-order valence-corrected chi connectivity index (χ2v) is 5.86. The highest BCUT2D eigenvalue weighted by atomic mass is 16.5. The number of piperidine rings is 1. The molecular weight excluding hydrogens is 278 g/mol. The number of benzene rings is 1. The van der Waals surface area contributed by atoms with Crippen LogP contribution in [0.25, 0.3) is 0 Å². The minimum absolute atomic E-state index is 0.0678. The molecule has 5 rings (SSSR count). The first-order valence-electron chi connectivity index (χ1n) is 12.1. The third-order valence-corrected chi connectivity index (χ3v) is 4.97. The van der Waals surface area contributed by atoms with Crippen LogP contribution < -0.4 is 9.47 Å². The van der Waals surface area contributed by atoms with E-state index in [0.29, 0.717) is 0 Å². The summed E-state index contributed by atoms with van der Waals surface area (Å²) in [7, 11) is 1.21. The summed E-state index contributed by atoms with van der Waals surface area (Å²) in [5, 5.41) is 10.9. The summed E-state index contributed by atoms with van der Waals surface area (Å²) in [6.45, 7) is -3.05. The van der Waals surface area contributed by atoms with Crippen molar-refractivity contribution in [3.63, 3.8) is 0 Å². The number of likely N-dealkylation sites (tertiary alicyclic amines) is 1. The van der Waals surface area contributed by atoms with Gasteiger partial charge in [-0.05, 0) is 37.9 Å². The maximum absolute atomic E-state index is 10.9. The number of methoxy groups -OCH3 is 1. The molecule has 2 aliphatic heterocycles. The van der Waals surface area contributed by atoms with Crippen molar-refractivity contribution in [2.24, 2.45) is 5.89 Å². The van der Waals surface area contributed by atoms with Crippen LogP contribution in [-0.2, 0) is 11.8 Å². The summed E-state index contributed by atoms with van der Waals surface area (Å²) in [6.07, 6.45) is -6.13. The Balaban J connectivity index is 2.01. The summed E-state index contributed by atoms with van der Waals surface area (Å²) >= 11 is 0. The van der Waals surface area contributed by atoms with E-state index in [2.05, 4.69) is 0 Å². The third-order valence-electron chi connectivity index (χ3n) is 4.97. The van der Waals surface area contributed by atoms with Gasteiger partial charge in [0.25, 0.3) is 0 Å². The van der Waals surface area contributed by atoms with Crippen molar-refractivity contribution in [2.45, 2.75) is 36.4 Å². The van der Waals surface area contributed by atoms with Crippen LogP contribution in [0.3, 0.4) is 0 Å². The van der Waals surface area contributed by atoms with E-state index >= 15 is 0 Å². The fraction of sp³-hybridized carbons (Fsp3) is 0.556. The molecule has 1 aromatic rings. The largest absolute Gasteiger partial charge is 0.493 e. The summed E-state index contributed by atoms with van der Waals surface area (Å²) in [6, 6.07) is -2.80. The molecular formula is C18H21NO3. The highest BCUT2D eigenvalue weighted by Crippen LogP contribution is 2.62. The first kappa shape index (κ1) is 6.54. The van der Waals surface area contributed by atoms with Gasteiger partial charge < -0.3 is 19.5 Å². The van der Waals surface area contributed by atoms with Gasteiger partial charge in [-0.2, -0.15) is 0 Å². The molecule has 0 amide bonds. The first-order valence-corrected chi connectivity index (χ1v) is 7.13. The average molecular weight is 309 g/mol. The molecule has 0 aromatic heterocycles. The Labute approximate surface area is 144 Å². The van der Waals surface area contributed by atoms with Crippen molar-refractivity contribution in [2.75, 3.05) is 20.6 Å². The monoisotopic (exact) mass is 309 g/mol. The Bertz CT molecular complexity index is 1090. The van der Waals surface area contributed by atoms with E-state index in [1.54, 1.807) is 0 Å². The van der Waals surface area contributed by atoms with Gasteiger partial charge in [0.15, 0.2) is 11.5 Å². The number of nitrogens with zero attached hydrogens (tertiary/aromatic N) is 1. The normalized spacial score (nSPS) is 60.5. The van der Waals surface area contributed by atoms with Crippen molar-refractivity contribution >= 4 is 0 Å². The van der Waals surface area contributed by atoms with Gasteiger partial charge >= 0.3 is 0 Å². The minimum Gasteiger partial charge on any atom is -0.493 e. The number of ether oxygens (including phenoxy) is 2. The second kappa shape index (κ2) is 4.06. The minimum atomic E-state index is -2.79. The van der Waals surface area contributed by atoms with Crippen molar-refractivity contribution in [3.8, 4) is 11.5 Å². The number of aliphatic hydroxyl groups is 1. The molecule has 0 radical (unpaired) electrons. The van der Waals surface area contributed by atoms with Gasteiger partial charge in [0.05, 0.1) is 12.6 Å². The zero-order valence-corrected chi connectivity index (χ0v) is 11.9. The molecule has 2 unspecified atom stereocenters. The topological polar surface area (TPSA) is 41.9 Å². The molecule has 5 atom stereocenters. The van der Waals surface area contributed by atoms with E-state index in [1.165, 1.54) is 7.11 Å². The van der Waals surface area contributed by atoms with Crippen LogP contribution >= 0.6 is 0 Å². The number of hydrogen-bond acceptors (Lipinski definition) is 4. The van der Waals surface area contributed by atoms with Crippen LogP contribution in [0.15, 0.2) is 24.2 Å². The van der Waals surface area contributed by atoms with Crippen LogP contribution in [-0.4, -0.2) is 48.8 Å². The SMILES string of the molecule is [2H]c1c([2H])c2c3c(c1OC)OC1([2H])C([2H])(O)C=C[C@@]4([2H])[C@H](N(C([2H])([2H])[2H])CC[C@]314)C2([2H])[2H]. The average Bonchev–Trinajstić information content (AvgIpc) is 2.92. The van der Waals surface area contributed by atoms with Gasteiger partial charge in [0, 0.05) is 31.1 Å². The van der Waals surface area contributed by atoms with Crippen molar-refractivity contribution in [1.82, 2.24) is 4.90 Å². The van der Waals surface area contributed by atoms with Gasteiger partial charge in [-0.3, -0.25) is 0 Å². The molecule has 4 nitrogen and oxygen atoms in total. The molecule has 22 heavy (non-hydrogen) atoms. The Hall–Kier alpha value is -1.52. The van der Waals surface area contributed by atoms with Crippen LogP contribution in [0.2, 0.25) is 0 Å². The Morgan fingerprint density at radius 3 is 3.32 bits per heavy atom. The van der Waals surface area contributed by atoms with Crippen LogP contribution in [0.4, 0.5) is 0 Å². The molecule has 2 aliphatic carbocycles. The molecule has 1 spiro atoms. The molecule has 1 fully saturated rings. The predicted molar refractivity (Wildman–Crippen MR) is 82.5 cm³/mol. The van der Waals surface area contributed by atoms with E-state index < -0.39 is 54.9 Å². The first-order chi connectivity index (χ1) is 14.5. The zero-order valence-electron chi connectivity index (χ0n) is 21.9. The summed E-state index contributed by atoms with van der Waals surface area (Å²) < 4.78 is 96.8. The standard InChI is InChI=1S/C18H21NO3/c1-19-8-7-18-11-4-5-13(20)17(18)22-16-14(21-2)6-3-10(15(16)18)9-12(11)19/h3-6,11-13,17,20H,7-9H2,1-2H3/t11-,12+,13?,17?,18-/m0/s1/i1D3,3D,6D,9D2,11D,13D,17D. The zero-order chi connectivity index (χ0) is 23.9. The van der Waals surface area contributed by atoms with Gasteiger partial charge in [-0.15, -0.1) is 0 Å². The number of hydrogen-bond donors (Lipinski definition) is 1. The Kier molecular flexibility index (Phi) is 1.21. The lowest BCUT2D eigenvalue weighted by Gasteiger charge is -2.56. The fourth-order valence-electron chi connectivity index (χ4n) is 4.04. The van der Waals surface area contributed by atoms with E-state index in [4.69, 9.17) is 21.8 Å². The summed E-state index contributed by atoms with van der Waals surface area (Å²) in [4.78, 5) is 0.874. The third kappa shape index (κ3) is 1.28. The highest BCUT2D eigenvalue weighted by molar-refractivity contribution is 5.62. The van der Waals surface area contributed by atoms with Crippen LogP contribution in [0, 0.1) is 5.89 Å². The van der Waals surface area contributed by atoms with E-state index in [-0.39, 0.29) is 35.6 Å². The molecule has 2 bridgehead atoms. The van der Waals surface area contributed by atoms with Crippen LogP contribution in [0.5, 0.6) is 11.5 Å². The molecule has 116 valence electrons. The highest BCUT2D eigenvalue weighted by Gasteiger charge is 2.64. The Morgan fingerprint density at radius 2 is 2.50 bits per heavy atom. The molecule has 4 aliphatic rings. The maximum Gasteiger partial charge on any atom is 0.165 e. The van der Waals surface area contributed by atoms with Crippen molar-refractivity contribution < 1.29 is 28.3 Å². The smallest absolute Gasteiger partial charge is 0.165 e. The van der Waals surface area contributed by atoms with Crippen molar-refractivity contribution in [3.05, 3.63) is 35.4 Å². The van der Waals surface area contributed by atoms with E-state index in [9.17, 15) is 6.48 Å². The lowest BCUT2D eigenvalue weighted by molar-refractivity contribution is -0.0453. The van der Waals surface area contributed by atoms with Gasteiger partial charge in [-0.25, -0.2) is 0 Å². The number of rotatable bonds is 1. The fourth-order valence-corrected chi connectivity index (χ4v) is 4.04. The van der Waals surface area contributed by atoms with Gasteiger partial charge in [0.2, 0.25) is 0 Å². The lowest BCUT2D eigenvalue weighted by Crippen LogP contribution is -2.64. The summed E-state index contributed by atoms with van der Waals surface area (Å²) in [5.74, 6) is -2.65. The molecule has 0 saturated carbocycles. The van der Waals surface area contributed by atoms with E-state index in [0.717, 1.165) is 17.1 Å². The molecule has 2 heterocycles. The molecule has 1 saturated heterocycles.